The van der Waals surface area contributed by atoms with Gasteiger partial charge in [0.2, 0.25) is 0 Å². The summed E-state index contributed by atoms with van der Waals surface area (Å²) in [5.74, 6) is 0. The highest BCUT2D eigenvalue weighted by Gasteiger charge is 2.13. The van der Waals surface area contributed by atoms with Crippen LogP contribution in [0.5, 0.6) is 0 Å². The fraction of sp³-hybridized carbons (Fsp3) is 0.250. The highest BCUT2D eigenvalue weighted by molar-refractivity contribution is 7.09. The maximum atomic E-state index is 6.14. The third kappa shape index (κ3) is 2.61. The minimum Gasteiger partial charge on any atom is -0.313 e. The van der Waals surface area contributed by atoms with Crippen molar-refractivity contribution in [3.63, 3.8) is 0 Å². The van der Waals surface area contributed by atoms with E-state index in [4.69, 9.17) is 11.6 Å². The van der Waals surface area contributed by atoms with Crippen LogP contribution in [-0.2, 0) is 6.42 Å². The molecule has 2 aromatic heterocycles. The minimum absolute atomic E-state index is 0.245. The fourth-order valence-corrected chi connectivity index (χ4v) is 2.67. The molecule has 0 bridgehead atoms. The lowest BCUT2D eigenvalue weighted by Gasteiger charge is -2.16. The maximum absolute atomic E-state index is 6.14. The third-order valence-electron chi connectivity index (χ3n) is 2.51. The fourth-order valence-electron chi connectivity index (χ4n) is 1.67. The number of likely N-dealkylation sites (N-methyl/N-ethyl adjacent to an activating group) is 1. The number of thiophene rings is 1. The number of aromatic nitrogens is 1. The van der Waals surface area contributed by atoms with Crippen molar-refractivity contribution in [3.8, 4) is 0 Å². The first-order valence-electron chi connectivity index (χ1n) is 5.10. The highest BCUT2D eigenvalue weighted by Crippen LogP contribution is 2.25. The molecule has 0 saturated carbocycles. The number of hydrogen-bond donors (Lipinski definition) is 1. The summed E-state index contributed by atoms with van der Waals surface area (Å²) in [6.45, 7) is 0. The molecule has 0 aliphatic heterocycles. The summed E-state index contributed by atoms with van der Waals surface area (Å²) < 4.78 is 0. The van der Waals surface area contributed by atoms with Gasteiger partial charge in [-0.1, -0.05) is 17.7 Å². The predicted octanol–water partition coefficient (Wildman–Crippen LogP) is 3.30. The molecule has 0 amide bonds. The minimum atomic E-state index is 0.245. The van der Waals surface area contributed by atoms with E-state index in [1.165, 1.54) is 4.88 Å². The Morgan fingerprint density at radius 1 is 1.50 bits per heavy atom. The van der Waals surface area contributed by atoms with E-state index in [2.05, 4.69) is 27.8 Å². The van der Waals surface area contributed by atoms with Gasteiger partial charge in [-0.05, 0) is 30.1 Å². The number of hydrogen-bond acceptors (Lipinski definition) is 3. The Hall–Kier alpha value is -0.900. The van der Waals surface area contributed by atoms with Crippen molar-refractivity contribution in [1.82, 2.24) is 10.3 Å². The summed E-state index contributed by atoms with van der Waals surface area (Å²) in [6, 6.07) is 6.43. The molecule has 0 spiro atoms. The molecule has 0 saturated heterocycles. The average Bonchev–Trinajstić information content (AvgIpc) is 2.80. The van der Waals surface area contributed by atoms with Crippen LogP contribution in [0.3, 0.4) is 0 Å². The van der Waals surface area contributed by atoms with Crippen molar-refractivity contribution in [2.45, 2.75) is 12.5 Å². The summed E-state index contributed by atoms with van der Waals surface area (Å²) in [4.78, 5) is 5.36. The van der Waals surface area contributed by atoms with Gasteiger partial charge >= 0.3 is 0 Å². The zero-order valence-electron chi connectivity index (χ0n) is 8.98. The first-order valence-corrected chi connectivity index (χ1v) is 6.36. The maximum Gasteiger partial charge on any atom is 0.0637 e. The number of rotatable bonds is 4. The predicted molar refractivity (Wildman–Crippen MR) is 69.1 cm³/mol. The van der Waals surface area contributed by atoms with E-state index in [9.17, 15) is 0 Å². The Morgan fingerprint density at radius 3 is 3.00 bits per heavy atom. The molecule has 0 aliphatic carbocycles. The molecule has 0 radical (unpaired) electrons. The van der Waals surface area contributed by atoms with Crippen LogP contribution < -0.4 is 5.32 Å². The normalized spacial score (nSPS) is 12.6. The van der Waals surface area contributed by atoms with Crippen LogP contribution in [0.2, 0.25) is 5.02 Å². The van der Waals surface area contributed by atoms with Crippen molar-refractivity contribution >= 4 is 22.9 Å². The van der Waals surface area contributed by atoms with Gasteiger partial charge in [-0.25, -0.2) is 0 Å². The van der Waals surface area contributed by atoms with Gasteiger partial charge in [0.25, 0.3) is 0 Å². The van der Waals surface area contributed by atoms with Crippen LogP contribution >= 0.6 is 22.9 Å². The van der Waals surface area contributed by atoms with Crippen LogP contribution in [0.1, 0.15) is 16.5 Å². The number of nitrogens with zero attached hydrogens (tertiary/aromatic N) is 1. The van der Waals surface area contributed by atoms with E-state index in [1.54, 1.807) is 23.7 Å². The molecule has 2 nitrogen and oxygen atoms in total. The molecule has 0 fully saturated rings. The molecule has 0 aliphatic rings. The van der Waals surface area contributed by atoms with Crippen molar-refractivity contribution in [1.29, 1.82) is 0 Å². The molecular formula is C12H13ClN2S. The van der Waals surface area contributed by atoms with Crippen molar-refractivity contribution in [3.05, 3.63) is 51.4 Å². The summed E-state index contributed by atoms with van der Waals surface area (Å²) in [5.41, 5.74) is 1.10. The van der Waals surface area contributed by atoms with E-state index >= 15 is 0 Å². The van der Waals surface area contributed by atoms with Crippen LogP contribution in [-0.4, -0.2) is 12.0 Å². The Labute approximate surface area is 104 Å². The molecule has 2 rings (SSSR count). The molecule has 0 aromatic carbocycles. The lowest BCUT2D eigenvalue weighted by Crippen LogP contribution is -2.18. The molecular weight excluding hydrogens is 240 g/mol. The van der Waals surface area contributed by atoms with Gasteiger partial charge in [0.1, 0.15) is 0 Å². The van der Waals surface area contributed by atoms with E-state index in [0.717, 1.165) is 17.0 Å². The van der Waals surface area contributed by atoms with E-state index in [1.807, 2.05) is 13.1 Å². The molecule has 84 valence electrons. The Bertz CT molecular complexity index is 442. The van der Waals surface area contributed by atoms with Gasteiger partial charge in [0.15, 0.2) is 0 Å². The van der Waals surface area contributed by atoms with Gasteiger partial charge in [-0.2, -0.15) is 0 Å². The Kier molecular flexibility index (Phi) is 3.93. The Balaban J connectivity index is 2.20. The summed E-state index contributed by atoms with van der Waals surface area (Å²) in [6.07, 6.45) is 4.42. The quantitative estimate of drug-likeness (QED) is 0.903. The van der Waals surface area contributed by atoms with Gasteiger partial charge in [0.05, 0.1) is 5.02 Å². The lowest BCUT2D eigenvalue weighted by molar-refractivity contribution is 0.596. The van der Waals surface area contributed by atoms with Crippen LogP contribution in [0.25, 0.3) is 0 Å². The van der Waals surface area contributed by atoms with Crippen molar-refractivity contribution in [2.75, 3.05) is 7.05 Å². The zero-order chi connectivity index (χ0) is 11.4. The summed E-state index contributed by atoms with van der Waals surface area (Å²) >= 11 is 7.91. The van der Waals surface area contributed by atoms with E-state index in [-0.39, 0.29) is 6.04 Å². The third-order valence-corrected chi connectivity index (χ3v) is 3.73. The van der Waals surface area contributed by atoms with Gasteiger partial charge in [0, 0.05) is 29.7 Å². The second-order valence-corrected chi connectivity index (χ2v) is 4.96. The zero-order valence-corrected chi connectivity index (χ0v) is 10.6. The summed E-state index contributed by atoms with van der Waals surface area (Å²) in [7, 11) is 1.95. The van der Waals surface area contributed by atoms with E-state index in [0.29, 0.717) is 0 Å². The SMILES string of the molecule is CNC(Cc1cccs1)c1ccncc1Cl. The monoisotopic (exact) mass is 252 g/mol. The average molecular weight is 253 g/mol. The summed E-state index contributed by atoms with van der Waals surface area (Å²) in [5, 5.41) is 6.11. The first kappa shape index (κ1) is 11.6. The van der Waals surface area contributed by atoms with Gasteiger partial charge in [-0.3, -0.25) is 4.98 Å². The molecule has 1 atom stereocenters. The molecule has 4 heteroatoms. The van der Waals surface area contributed by atoms with Crippen molar-refractivity contribution in [2.24, 2.45) is 0 Å². The van der Waals surface area contributed by atoms with E-state index < -0.39 is 0 Å². The molecule has 1 N–H and O–H groups in total. The van der Waals surface area contributed by atoms with Crippen LogP contribution in [0.15, 0.2) is 36.0 Å². The highest BCUT2D eigenvalue weighted by atomic mass is 35.5. The topological polar surface area (TPSA) is 24.9 Å². The van der Waals surface area contributed by atoms with Crippen LogP contribution in [0, 0.1) is 0 Å². The standard InChI is InChI=1S/C12H13ClN2S/c1-14-12(7-9-3-2-6-16-9)10-4-5-15-8-11(10)13/h2-6,8,12,14H,7H2,1H3. The molecule has 1 unspecified atom stereocenters. The second-order valence-electron chi connectivity index (χ2n) is 3.52. The largest absolute Gasteiger partial charge is 0.313 e. The molecule has 16 heavy (non-hydrogen) atoms. The molecule has 2 heterocycles. The van der Waals surface area contributed by atoms with Crippen molar-refractivity contribution < 1.29 is 0 Å². The van der Waals surface area contributed by atoms with Gasteiger partial charge in [-0.15, -0.1) is 11.3 Å². The van der Waals surface area contributed by atoms with Crippen LogP contribution in [0.4, 0.5) is 0 Å². The smallest absolute Gasteiger partial charge is 0.0637 e. The second kappa shape index (κ2) is 5.43. The molecule has 2 aromatic rings. The number of halogens is 1. The first-order chi connectivity index (χ1) is 7.81. The van der Waals surface area contributed by atoms with Gasteiger partial charge < -0.3 is 5.32 Å². The lowest BCUT2D eigenvalue weighted by atomic mass is 10.0. The Morgan fingerprint density at radius 2 is 2.38 bits per heavy atom. The number of pyridine rings is 1. The number of nitrogens with one attached hydrogen (secondary N) is 1.